The summed E-state index contributed by atoms with van der Waals surface area (Å²) >= 11 is 0. The molecule has 0 aliphatic carbocycles. The third kappa shape index (κ3) is 2.69. The second kappa shape index (κ2) is 5.36. The Labute approximate surface area is 106 Å². The average Bonchev–Trinajstić information content (AvgIpc) is 2.40. The molecule has 0 heterocycles. The molecule has 0 unspecified atom stereocenters. The Bertz CT molecular complexity index is 544. The second-order valence-electron chi connectivity index (χ2n) is 3.99. The van der Waals surface area contributed by atoms with E-state index in [1.807, 2.05) is 36.4 Å². The van der Waals surface area contributed by atoms with E-state index in [4.69, 9.17) is 9.84 Å². The van der Waals surface area contributed by atoms with Gasteiger partial charge in [-0.3, -0.25) is 0 Å². The van der Waals surface area contributed by atoms with Crippen molar-refractivity contribution in [3.05, 3.63) is 65.2 Å². The summed E-state index contributed by atoms with van der Waals surface area (Å²) < 4.78 is 5.29. The van der Waals surface area contributed by atoms with Crippen LogP contribution in [0.5, 0.6) is 5.75 Å². The van der Waals surface area contributed by atoms with Gasteiger partial charge in [-0.05, 0) is 29.3 Å². The van der Waals surface area contributed by atoms with Gasteiger partial charge in [0.1, 0.15) is 5.75 Å². The highest BCUT2D eigenvalue weighted by molar-refractivity contribution is 5.87. The number of benzene rings is 2. The van der Waals surface area contributed by atoms with Crippen molar-refractivity contribution in [1.29, 1.82) is 0 Å². The largest absolute Gasteiger partial charge is 0.496 e. The molecule has 0 saturated heterocycles. The lowest BCUT2D eigenvalue weighted by molar-refractivity contribution is 0.0697. The second-order valence-corrected chi connectivity index (χ2v) is 3.99. The van der Waals surface area contributed by atoms with Crippen LogP contribution in [0.25, 0.3) is 0 Å². The fourth-order valence-electron chi connectivity index (χ4n) is 1.83. The number of carboxylic acid groups (broad SMARTS) is 1. The first-order valence-corrected chi connectivity index (χ1v) is 5.65. The summed E-state index contributed by atoms with van der Waals surface area (Å²) in [5, 5.41) is 8.83. The topological polar surface area (TPSA) is 46.5 Å². The summed E-state index contributed by atoms with van der Waals surface area (Å²) in [4.78, 5) is 10.8. The van der Waals surface area contributed by atoms with Crippen LogP contribution in [0.2, 0.25) is 0 Å². The van der Waals surface area contributed by atoms with Gasteiger partial charge >= 0.3 is 5.97 Å². The highest BCUT2D eigenvalue weighted by atomic mass is 16.5. The highest BCUT2D eigenvalue weighted by Gasteiger charge is 2.05. The minimum Gasteiger partial charge on any atom is -0.496 e. The van der Waals surface area contributed by atoms with E-state index < -0.39 is 5.97 Å². The van der Waals surface area contributed by atoms with Gasteiger partial charge < -0.3 is 9.84 Å². The zero-order chi connectivity index (χ0) is 13.0. The van der Waals surface area contributed by atoms with E-state index in [0.29, 0.717) is 5.56 Å². The Hall–Kier alpha value is -2.29. The normalized spacial score (nSPS) is 10.1. The molecule has 18 heavy (non-hydrogen) atoms. The minimum absolute atomic E-state index is 0.304. The van der Waals surface area contributed by atoms with Crippen molar-refractivity contribution in [1.82, 2.24) is 0 Å². The summed E-state index contributed by atoms with van der Waals surface area (Å²) in [5.41, 5.74) is 2.45. The average molecular weight is 242 g/mol. The Morgan fingerprint density at radius 1 is 1.11 bits per heavy atom. The maximum absolute atomic E-state index is 10.8. The summed E-state index contributed by atoms with van der Waals surface area (Å²) in [6.45, 7) is 0. The molecule has 1 N–H and O–H groups in total. The first-order chi connectivity index (χ1) is 8.70. The lowest BCUT2D eigenvalue weighted by Crippen LogP contribution is -1.97. The molecule has 0 aromatic heterocycles. The zero-order valence-corrected chi connectivity index (χ0v) is 10.1. The van der Waals surface area contributed by atoms with Crippen LogP contribution in [0.15, 0.2) is 48.5 Å². The molecular formula is C15H14O3. The number of methoxy groups -OCH3 is 1. The number of aromatic carboxylic acids is 1. The van der Waals surface area contributed by atoms with E-state index in [2.05, 4.69) is 0 Å². The van der Waals surface area contributed by atoms with Crippen LogP contribution in [0, 0.1) is 0 Å². The van der Waals surface area contributed by atoms with Gasteiger partial charge in [-0.25, -0.2) is 4.79 Å². The van der Waals surface area contributed by atoms with Crippen LogP contribution in [0.3, 0.4) is 0 Å². The van der Waals surface area contributed by atoms with Crippen molar-refractivity contribution in [3.63, 3.8) is 0 Å². The third-order valence-electron chi connectivity index (χ3n) is 2.79. The SMILES string of the molecule is COc1ccccc1Cc1ccc(C(=O)O)cc1. The van der Waals surface area contributed by atoms with Crippen molar-refractivity contribution >= 4 is 5.97 Å². The predicted octanol–water partition coefficient (Wildman–Crippen LogP) is 2.98. The lowest BCUT2D eigenvalue weighted by Gasteiger charge is -2.08. The van der Waals surface area contributed by atoms with E-state index >= 15 is 0 Å². The number of ether oxygens (including phenoxy) is 1. The zero-order valence-electron chi connectivity index (χ0n) is 10.1. The van der Waals surface area contributed by atoms with E-state index in [1.54, 1.807) is 19.2 Å². The van der Waals surface area contributed by atoms with Crippen LogP contribution in [-0.2, 0) is 6.42 Å². The smallest absolute Gasteiger partial charge is 0.335 e. The van der Waals surface area contributed by atoms with Crippen molar-refractivity contribution in [2.45, 2.75) is 6.42 Å². The molecule has 0 fully saturated rings. The Kier molecular flexibility index (Phi) is 3.63. The summed E-state index contributed by atoms with van der Waals surface area (Å²) in [6, 6.07) is 14.7. The fourth-order valence-corrected chi connectivity index (χ4v) is 1.83. The summed E-state index contributed by atoms with van der Waals surface area (Å²) in [5.74, 6) is -0.0568. The Morgan fingerprint density at radius 2 is 1.78 bits per heavy atom. The van der Waals surface area contributed by atoms with E-state index in [1.165, 1.54) is 0 Å². The highest BCUT2D eigenvalue weighted by Crippen LogP contribution is 2.21. The van der Waals surface area contributed by atoms with Gasteiger partial charge in [0.25, 0.3) is 0 Å². The van der Waals surface area contributed by atoms with Gasteiger partial charge in [-0.1, -0.05) is 30.3 Å². The fraction of sp³-hybridized carbons (Fsp3) is 0.133. The quantitative estimate of drug-likeness (QED) is 0.896. The van der Waals surface area contributed by atoms with Crippen LogP contribution < -0.4 is 4.74 Å². The first-order valence-electron chi connectivity index (χ1n) is 5.65. The van der Waals surface area contributed by atoms with Crippen LogP contribution in [0.1, 0.15) is 21.5 Å². The number of carbonyl (C=O) groups is 1. The van der Waals surface area contributed by atoms with Crippen molar-refractivity contribution < 1.29 is 14.6 Å². The standard InChI is InChI=1S/C15H14O3/c1-18-14-5-3-2-4-13(14)10-11-6-8-12(9-7-11)15(16)17/h2-9H,10H2,1H3,(H,16,17). The van der Waals surface area contributed by atoms with E-state index in [0.717, 1.165) is 23.3 Å². The number of carboxylic acids is 1. The maximum atomic E-state index is 10.8. The molecule has 3 nitrogen and oxygen atoms in total. The molecule has 92 valence electrons. The minimum atomic E-state index is -0.904. The van der Waals surface area contributed by atoms with E-state index in [-0.39, 0.29) is 0 Å². The van der Waals surface area contributed by atoms with Gasteiger partial charge in [0.2, 0.25) is 0 Å². The molecule has 0 amide bonds. The van der Waals surface area contributed by atoms with E-state index in [9.17, 15) is 4.79 Å². The van der Waals surface area contributed by atoms with Crippen molar-refractivity contribution in [2.24, 2.45) is 0 Å². The maximum Gasteiger partial charge on any atom is 0.335 e. The number of hydrogen-bond acceptors (Lipinski definition) is 2. The molecule has 2 rings (SSSR count). The summed E-state index contributed by atoms with van der Waals surface area (Å²) in [6.07, 6.45) is 0.726. The van der Waals surface area contributed by atoms with Crippen LogP contribution in [0.4, 0.5) is 0 Å². The molecule has 0 saturated carbocycles. The molecule has 0 radical (unpaired) electrons. The molecule has 2 aromatic rings. The van der Waals surface area contributed by atoms with Crippen molar-refractivity contribution in [3.8, 4) is 5.75 Å². The monoisotopic (exact) mass is 242 g/mol. The van der Waals surface area contributed by atoms with Gasteiger partial charge in [0.05, 0.1) is 12.7 Å². The molecule has 0 aliphatic rings. The summed E-state index contributed by atoms with van der Waals surface area (Å²) in [7, 11) is 1.65. The molecule has 0 atom stereocenters. The number of para-hydroxylation sites is 1. The number of rotatable bonds is 4. The first kappa shape index (κ1) is 12.2. The number of hydrogen-bond donors (Lipinski definition) is 1. The van der Waals surface area contributed by atoms with Gasteiger partial charge in [-0.2, -0.15) is 0 Å². The van der Waals surface area contributed by atoms with Gasteiger partial charge in [0.15, 0.2) is 0 Å². The Balaban J connectivity index is 2.21. The molecule has 0 bridgehead atoms. The Morgan fingerprint density at radius 3 is 2.39 bits per heavy atom. The van der Waals surface area contributed by atoms with Crippen LogP contribution in [-0.4, -0.2) is 18.2 Å². The van der Waals surface area contributed by atoms with Gasteiger partial charge in [0, 0.05) is 6.42 Å². The lowest BCUT2D eigenvalue weighted by atomic mass is 10.0. The van der Waals surface area contributed by atoms with Gasteiger partial charge in [-0.15, -0.1) is 0 Å². The molecule has 0 spiro atoms. The predicted molar refractivity (Wildman–Crippen MR) is 69.2 cm³/mol. The molecule has 0 aliphatic heterocycles. The molecular weight excluding hydrogens is 228 g/mol. The molecule has 3 heteroatoms. The van der Waals surface area contributed by atoms with Crippen LogP contribution >= 0.6 is 0 Å². The third-order valence-corrected chi connectivity index (χ3v) is 2.79. The van der Waals surface area contributed by atoms with Crippen molar-refractivity contribution in [2.75, 3.05) is 7.11 Å². The molecule has 2 aromatic carbocycles.